The van der Waals surface area contributed by atoms with E-state index >= 15 is 0 Å². The first-order chi connectivity index (χ1) is 7.17. The predicted octanol–water partition coefficient (Wildman–Crippen LogP) is 2.35. The molecule has 1 aromatic carbocycles. The molecule has 0 saturated heterocycles. The third-order valence-electron chi connectivity index (χ3n) is 2.21. The summed E-state index contributed by atoms with van der Waals surface area (Å²) in [5.41, 5.74) is 6.30. The Labute approximate surface area is 90.7 Å². The lowest BCUT2D eigenvalue weighted by molar-refractivity contribution is 0.414. The van der Waals surface area contributed by atoms with Gasteiger partial charge in [-0.05, 0) is 28.7 Å². The van der Waals surface area contributed by atoms with Crippen molar-refractivity contribution in [1.82, 2.24) is 5.09 Å². The SMILES string of the molecule is CCC(N[P+](N)=O)c1ccc(OC)cc1. The van der Waals surface area contributed by atoms with Gasteiger partial charge in [0.05, 0.1) is 13.2 Å². The molecule has 0 amide bonds. The number of ether oxygens (including phenoxy) is 1. The maximum atomic E-state index is 10.9. The highest BCUT2D eigenvalue weighted by molar-refractivity contribution is 7.39. The Morgan fingerprint density at radius 3 is 2.47 bits per heavy atom. The van der Waals surface area contributed by atoms with Crippen LogP contribution in [0.2, 0.25) is 0 Å². The second-order valence-corrected chi connectivity index (χ2v) is 4.10. The topological polar surface area (TPSA) is 64.3 Å². The van der Waals surface area contributed by atoms with Crippen molar-refractivity contribution in [2.75, 3.05) is 7.11 Å². The zero-order valence-corrected chi connectivity index (χ0v) is 9.83. The second-order valence-electron chi connectivity index (χ2n) is 3.19. The zero-order valence-electron chi connectivity index (χ0n) is 8.93. The third kappa shape index (κ3) is 3.59. The van der Waals surface area contributed by atoms with Crippen LogP contribution in [0.3, 0.4) is 0 Å². The largest absolute Gasteiger partial charge is 0.529 e. The van der Waals surface area contributed by atoms with Gasteiger partial charge in [-0.2, -0.15) is 0 Å². The van der Waals surface area contributed by atoms with Crippen molar-refractivity contribution in [2.45, 2.75) is 19.4 Å². The van der Waals surface area contributed by atoms with E-state index in [9.17, 15) is 4.57 Å². The van der Waals surface area contributed by atoms with E-state index in [4.69, 9.17) is 10.2 Å². The molecule has 3 N–H and O–H groups in total. The van der Waals surface area contributed by atoms with E-state index in [2.05, 4.69) is 5.09 Å². The van der Waals surface area contributed by atoms with Crippen LogP contribution in [0.4, 0.5) is 0 Å². The Balaban J connectivity index is 2.78. The highest BCUT2D eigenvalue weighted by atomic mass is 31.1. The standard InChI is InChI=1S/C10H16N2O2P/c1-3-10(12-15(11)13)8-4-6-9(14-2)7-5-8/h4-7,10H,3H2,1-2H3,(H3,11,12,13)/q+1. The summed E-state index contributed by atoms with van der Waals surface area (Å²) in [5.74, 6) is 0.811. The van der Waals surface area contributed by atoms with Crippen molar-refractivity contribution in [3.8, 4) is 5.75 Å². The fraction of sp³-hybridized carbons (Fsp3) is 0.400. The molecule has 5 heteroatoms. The summed E-state index contributed by atoms with van der Waals surface area (Å²) in [7, 11) is -0.185. The van der Waals surface area contributed by atoms with E-state index in [1.54, 1.807) is 7.11 Å². The minimum atomic E-state index is -1.81. The lowest BCUT2D eigenvalue weighted by atomic mass is 10.1. The third-order valence-corrected chi connectivity index (χ3v) is 2.78. The van der Waals surface area contributed by atoms with Crippen molar-refractivity contribution in [1.29, 1.82) is 0 Å². The first-order valence-corrected chi connectivity index (χ1v) is 6.12. The average molecular weight is 227 g/mol. The predicted molar refractivity (Wildman–Crippen MR) is 61.0 cm³/mol. The van der Waals surface area contributed by atoms with Gasteiger partial charge < -0.3 is 4.74 Å². The van der Waals surface area contributed by atoms with Gasteiger partial charge in [-0.25, -0.2) is 0 Å². The maximum Gasteiger partial charge on any atom is 0.529 e. The minimum absolute atomic E-state index is 0.0320. The molecular weight excluding hydrogens is 211 g/mol. The van der Waals surface area contributed by atoms with Crippen LogP contribution >= 0.6 is 8.10 Å². The first kappa shape index (κ1) is 12.1. The minimum Gasteiger partial charge on any atom is -0.497 e. The summed E-state index contributed by atoms with van der Waals surface area (Å²) in [5, 5.41) is 2.83. The summed E-state index contributed by atoms with van der Waals surface area (Å²) in [6, 6.07) is 7.68. The number of nitrogens with two attached hydrogens (primary N) is 1. The van der Waals surface area contributed by atoms with Crippen molar-refractivity contribution in [3.05, 3.63) is 29.8 Å². The van der Waals surface area contributed by atoms with Crippen LogP contribution in [0.15, 0.2) is 24.3 Å². The fourth-order valence-corrected chi connectivity index (χ4v) is 2.03. The van der Waals surface area contributed by atoms with Gasteiger partial charge in [-0.3, -0.25) is 0 Å². The maximum absolute atomic E-state index is 10.9. The number of methoxy groups -OCH3 is 1. The Kier molecular flexibility index (Phi) is 4.69. The smallest absolute Gasteiger partial charge is 0.497 e. The van der Waals surface area contributed by atoms with Crippen molar-refractivity contribution >= 4 is 8.10 Å². The molecule has 2 unspecified atom stereocenters. The first-order valence-electron chi connectivity index (χ1n) is 4.79. The van der Waals surface area contributed by atoms with Crippen LogP contribution in [-0.4, -0.2) is 7.11 Å². The number of rotatable bonds is 5. The molecule has 4 nitrogen and oxygen atoms in total. The summed E-state index contributed by atoms with van der Waals surface area (Å²) in [6.07, 6.45) is 0.838. The average Bonchev–Trinajstić information content (AvgIpc) is 2.26. The molecule has 0 aromatic heterocycles. The molecule has 0 fully saturated rings. The summed E-state index contributed by atoms with van der Waals surface area (Å²) in [6.45, 7) is 2.01. The molecule has 0 saturated carbocycles. The summed E-state index contributed by atoms with van der Waals surface area (Å²) < 4.78 is 16.0. The molecule has 0 bridgehead atoms. The van der Waals surface area contributed by atoms with Gasteiger partial charge in [0.2, 0.25) is 0 Å². The van der Waals surface area contributed by atoms with E-state index in [1.807, 2.05) is 31.2 Å². The van der Waals surface area contributed by atoms with E-state index in [-0.39, 0.29) is 6.04 Å². The molecule has 82 valence electrons. The molecule has 1 aromatic rings. The van der Waals surface area contributed by atoms with Crippen LogP contribution < -0.4 is 15.3 Å². The quantitative estimate of drug-likeness (QED) is 0.758. The molecular formula is C10H16N2O2P+. The summed E-state index contributed by atoms with van der Waals surface area (Å²) >= 11 is 0. The highest BCUT2D eigenvalue weighted by Gasteiger charge is 2.18. The van der Waals surface area contributed by atoms with Crippen molar-refractivity contribution in [3.63, 3.8) is 0 Å². The van der Waals surface area contributed by atoms with Gasteiger partial charge in [0.25, 0.3) is 0 Å². The number of hydrogen-bond acceptors (Lipinski definition) is 2. The molecule has 0 radical (unpaired) electrons. The molecule has 1 rings (SSSR count). The normalized spacial score (nSPS) is 13.4. The van der Waals surface area contributed by atoms with Crippen LogP contribution in [-0.2, 0) is 4.57 Å². The van der Waals surface area contributed by atoms with Gasteiger partial charge in [0.1, 0.15) is 5.75 Å². The van der Waals surface area contributed by atoms with Gasteiger partial charge in [-0.15, -0.1) is 5.50 Å². The highest BCUT2D eigenvalue weighted by Crippen LogP contribution is 2.23. The van der Waals surface area contributed by atoms with Crippen LogP contribution in [0.5, 0.6) is 5.75 Å². The Morgan fingerprint density at radius 2 is 2.07 bits per heavy atom. The Bertz CT molecular complexity index is 327. The van der Waals surface area contributed by atoms with E-state index in [0.717, 1.165) is 17.7 Å². The van der Waals surface area contributed by atoms with Crippen LogP contribution in [0.1, 0.15) is 24.9 Å². The second kappa shape index (κ2) is 5.81. The molecule has 0 aliphatic carbocycles. The van der Waals surface area contributed by atoms with Crippen LogP contribution in [0, 0.1) is 0 Å². The molecule has 0 heterocycles. The number of hydrogen-bond donors (Lipinski definition) is 2. The molecule has 2 atom stereocenters. The van der Waals surface area contributed by atoms with Crippen molar-refractivity contribution in [2.24, 2.45) is 5.50 Å². The van der Waals surface area contributed by atoms with Gasteiger partial charge in [0, 0.05) is 0 Å². The van der Waals surface area contributed by atoms with E-state index in [1.165, 1.54) is 0 Å². The molecule has 0 spiro atoms. The van der Waals surface area contributed by atoms with Gasteiger partial charge >= 0.3 is 8.10 Å². The Morgan fingerprint density at radius 1 is 1.47 bits per heavy atom. The van der Waals surface area contributed by atoms with Crippen LogP contribution in [0.25, 0.3) is 0 Å². The summed E-state index contributed by atoms with van der Waals surface area (Å²) in [4.78, 5) is 0. The molecule has 0 aliphatic rings. The zero-order chi connectivity index (χ0) is 11.3. The fourth-order valence-electron chi connectivity index (χ4n) is 1.39. The number of nitrogens with one attached hydrogen (secondary N) is 1. The van der Waals surface area contributed by atoms with E-state index < -0.39 is 8.10 Å². The van der Waals surface area contributed by atoms with Gasteiger partial charge in [0.15, 0.2) is 0 Å². The lowest BCUT2D eigenvalue weighted by Gasteiger charge is -2.10. The molecule has 15 heavy (non-hydrogen) atoms. The number of benzene rings is 1. The lowest BCUT2D eigenvalue weighted by Crippen LogP contribution is -2.15. The van der Waals surface area contributed by atoms with Gasteiger partial charge in [-0.1, -0.05) is 24.1 Å². The molecule has 0 aliphatic heterocycles. The Hall–Kier alpha value is -0.960. The van der Waals surface area contributed by atoms with E-state index in [0.29, 0.717) is 0 Å². The monoisotopic (exact) mass is 227 g/mol. The van der Waals surface area contributed by atoms with Crippen molar-refractivity contribution < 1.29 is 9.30 Å².